The van der Waals surface area contributed by atoms with E-state index in [9.17, 15) is 0 Å². The first kappa shape index (κ1) is 9.36. The van der Waals surface area contributed by atoms with Crippen molar-refractivity contribution in [2.45, 2.75) is 13.0 Å². The summed E-state index contributed by atoms with van der Waals surface area (Å²) < 4.78 is 1.95. The summed E-state index contributed by atoms with van der Waals surface area (Å²) in [5.74, 6) is 0. The van der Waals surface area contributed by atoms with Gasteiger partial charge in [0, 0.05) is 18.5 Å². The highest BCUT2D eigenvalue weighted by Gasteiger charge is 2.09. The second-order valence-corrected chi connectivity index (χ2v) is 4.11. The zero-order chi connectivity index (χ0) is 10.1. The SMILES string of the molecule is CC(N)c1csc(-c2cncn2C)n1. The van der Waals surface area contributed by atoms with Crippen molar-refractivity contribution in [3.8, 4) is 10.7 Å². The van der Waals surface area contributed by atoms with Gasteiger partial charge in [0.2, 0.25) is 0 Å². The van der Waals surface area contributed by atoms with E-state index in [4.69, 9.17) is 5.73 Å². The maximum absolute atomic E-state index is 5.74. The number of rotatable bonds is 2. The van der Waals surface area contributed by atoms with Gasteiger partial charge in [0.05, 0.1) is 23.9 Å². The van der Waals surface area contributed by atoms with E-state index in [1.54, 1.807) is 17.7 Å². The molecule has 0 spiro atoms. The van der Waals surface area contributed by atoms with Crippen LogP contribution in [0, 0.1) is 0 Å². The van der Waals surface area contributed by atoms with E-state index in [2.05, 4.69) is 9.97 Å². The molecule has 2 heterocycles. The summed E-state index contributed by atoms with van der Waals surface area (Å²) in [6.07, 6.45) is 3.58. The molecule has 0 aliphatic carbocycles. The van der Waals surface area contributed by atoms with Crippen molar-refractivity contribution in [2.24, 2.45) is 12.8 Å². The van der Waals surface area contributed by atoms with Crippen molar-refractivity contribution >= 4 is 11.3 Å². The highest BCUT2D eigenvalue weighted by molar-refractivity contribution is 7.13. The Hall–Kier alpha value is -1.20. The van der Waals surface area contributed by atoms with Gasteiger partial charge in [0.25, 0.3) is 0 Å². The van der Waals surface area contributed by atoms with Crippen LogP contribution in [0.2, 0.25) is 0 Å². The van der Waals surface area contributed by atoms with E-state index < -0.39 is 0 Å². The van der Waals surface area contributed by atoms with Crippen molar-refractivity contribution < 1.29 is 0 Å². The van der Waals surface area contributed by atoms with Gasteiger partial charge in [0.15, 0.2) is 0 Å². The van der Waals surface area contributed by atoms with Crippen LogP contribution < -0.4 is 5.73 Å². The topological polar surface area (TPSA) is 56.7 Å². The van der Waals surface area contributed by atoms with E-state index in [1.165, 1.54) is 0 Å². The number of imidazole rings is 1. The summed E-state index contributed by atoms with van der Waals surface area (Å²) in [4.78, 5) is 8.50. The molecule has 14 heavy (non-hydrogen) atoms. The maximum atomic E-state index is 5.74. The number of nitrogens with two attached hydrogens (primary N) is 1. The number of hydrogen-bond acceptors (Lipinski definition) is 4. The number of aromatic nitrogens is 3. The van der Waals surface area contributed by atoms with Gasteiger partial charge in [-0.05, 0) is 6.92 Å². The smallest absolute Gasteiger partial charge is 0.141 e. The molecule has 0 fully saturated rings. The van der Waals surface area contributed by atoms with Gasteiger partial charge < -0.3 is 10.3 Å². The lowest BCUT2D eigenvalue weighted by molar-refractivity contribution is 0.789. The van der Waals surface area contributed by atoms with Gasteiger partial charge in [-0.2, -0.15) is 0 Å². The Morgan fingerprint density at radius 2 is 2.36 bits per heavy atom. The summed E-state index contributed by atoms with van der Waals surface area (Å²) in [6, 6.07) is -0.00627. The molecule has 0 aliphatic rings. The molecule has 2 aromatic rings. The van der Waals surface area contributed by atoms with Gasteiger partial charge in [-0.15, -0.1) is 11.3 Å². The third kappa shape index (κ3) is 1.56. The number of thiazole rings is 1. The van der Waals surface area contributed by atoms with E-state index >= 15 is 0 Å². The Labute approximate surface area is 86.4 Å². The lowest BCUT2D eigenvalue weighted by Crippen LogP contribution is -2.04. The fourth-order valence-corrected chi connectivity index (χ4v) is 2.15. The van der Waals surface area contributed by atoms with Crippen LogP contribution in [0.3, 0.4) is 0 Å². The van der Waals surface area contributed by atoms with Crippen LogP contribution in [0.1, 0.15) is 18.7 Å². The summed E-state index contributed by atoms with van der Waals surface area (Å²) in [7, 11) is 1.95. The van der Waals surface area contributed by atoms with Crippen LogP contribution in [0.5, 0.6) is 0 Å². The van der Waals surface area contributed by atoms with E-state index in [-0.39, 0.29) is 6.04 Å². The van der Waals surface area contributed by atoms with Crippen LogP contribution in [0.4, 0.5) is 0 Å². The second-order valence-electron chi connectivity index (χ2n) is 3.26. The Balaban J connectivity index is 2.39. The van der Waals surface area contributed by atoms with E-state index in [1.807, 2.05) is 30.1 Å². The van der Waals surface area contributed by atoms with Crippen molar-refractivity contribution in [1.29, 1.82) is 0 Å². The fraction of sp³-hybridized carbons (Fsp3) is 0.333. The fourth-order valence-electron chi connectivity index (χ4n) is 1.18. The average Bonchev–Trinajstić information content (AvgIpc) is 2.71. The molecule has 2 rings (SSSR count). The van der Waals surface area contributed by atoms with Crippen LogP contribution >= 0.6 is 11.3 Å². The minimum absolute atomic E-state index is 0.00627. The highest BCUT2D eigenvalue weighted by Crippen LogP contribution is 2.24. The molecule has 1 atom stereocenters. The monoisotopic (exact) mass is 208 g/mol. The summed E-state index contributed by atoms with van der Waals surface area (Å²) in [6.45, 7) is 1.93. The Morgan fingerprint density at radius 3 is 2.86 bits per heavy atom. The molecular weight excluding hydrogens is 196 g/mol. The molecule has 2 N–H and O–H groups in total. The average molecular weight is 208 g/mol. The maximum Gasteiger partial charge on any atom is 0.141 e. The summed E-state index contributed by atoms with van der Waals surface area (Å²) >= 11 is 1.60. The third-order valence-electron chi connectivity index (χ3n) is 2.02. The molecule has 0 aliphatic heterocycles. The van der Waals surface area contributed by atoms with Gasteiger partial charge in [-0.1, -0.05) is 0 Å². The Morgan fingerprint density at radius 1 is 1.57 bits per heavy atom. The molecule has 5 heteroatoms. The molecule has 0 bridgehead atoms. The van der Waals surface area contributed by atoms with Crippen molar-refractivity contribution in [2.75, 3.05) is 0 Å². The van der Waals surface area contributed by atoms with Crippen LogP contribution in [-0.2, 0) is 7.05 Å². The predicted octanol–water partition coefficient (Wildman–Crippen LogP) is 1.56. The van der Waals surface area contributed by atoms with Crippen molar-refractivity contribution in [3.05, 3.63) is 23.6 Å². The standard InChI is InChI=1S/C9H12N4S/c1-6(10)7-4-14-9(12-7)8-3-11-5-13(8)2/h3-6H,10H2,1-2H3. The van der Waals surface area contributed by atoms with Gasteiger partial charge in [-0.3, -0.25) is 0 Å². The van der Waals surface area contributed by atoms with Crippen molar-refractivity contribution in [3.63, 3.8) is 0 Å². The molecule has 0 radical (unpaired) electrons. The molecule has 0 aromatic carbocycles. The lowest BCUT2D eigenvalue weighted by Gasteiger charge is -1.98. The quantitative estimate of drug-likeness (QED) is 0.815. The molecule has 0 amide bonds. The molecule has 2 aromatic heterocycles. The number of nitrogens with zero attached hydrogens (tertiary/aromatic N) is 3. The zero-order valence-corrected chi connectivity index (χ0v) is 8.95. The molecule has 74 valence electrons. The largest absolute Gasteiger partial charge is 0.332 e. The number of aryl methyl sites for hydroxylation is 1. The minimum atomic E-state index is -0.00627. The third-order valence-corrected chi connectivity index (χ3v) is 2.91. The van der Waals surface area contributed by atoms with Crippen molar-refractivity contribution in [1.82, 2.24) is 14.5 Å². The first-order valence-corrected chi connectivity index (χ1v) is 5.24. The van der Waals surface area contributed by atoms with Gasteiger partial charge >= 0.3 is 0 Å². The molecule has 4 nitrogen and oxygen atoms in total. The van der Waals surface area contributed by atoms with E-state index in [0.717, 1.165) is 16.4 Å². The minimum Gasteiger partial charge on any atom is -0.332 e. The van der Waals surface area contributed by atoms with Gasteiger partial charge in [-0.25, -0.2) is 9.97 Å². The van der Waals surface area contributed by atoms with Crippen LogP contribution in [0.25, 0.3) is 10.7 Å². The molecule has 0 saturated heterocycles. The van der Waals surface area contributed by atoms with Crippen LogP contribution in [0.15, 0.2) is 17.9 Å². The predicted molar refractivity (Wildman–Crippen MR) is 56.9 cm³/mol. The number of hydrogen-bond donors (Lipinski definition) is 1. The summed E-state index contributed by atoms with van der Waals surface area (Å²) in [5.41, 5.74) is 7.71. The highest BCUT2D eigenvalue weighted by atomic mass is 32.1. The Kier molecular flexibility index (Phi) is 2.35. The lowest BCUT2D eigenvalue weighted by atomic mass is 10.3. The normalized spacial score (nSPS) is 13.1. The zero-order valence-electron chi connectivity index (χ0n) is 8.14. The first-order valence-electron chi connectivity index (χ1n) is 4.36. The van der Waals surface area contributed by atoms with Crippen LogP contribution in [-0.4, -0.2) is 14.5 Å². The Bertz CT molecular complexity index is 429. The second kappa shape index (κ2) is 3.51. The van der Waals surface area contributed by atoms with Gasteiger partial charge in [0.1, 0.15) is 5.01 Å². The molecular formula is C9H12N4S. The molecule has 1 unspecified atom stereocenters. The summed E-state index contributed by atoms with van der Waals surface area (Å²) in [5, 5.41) is 2.96. The first-order chi connectivity index (χ1) is 6.68. The molecule has 0 saturated carbocycles. The van der Waals surface area contributed by atoms with E-state index in [0.29, 0.717) is 0 Å².